The van der Waals surface area contributed by atoms with Crippen LogP contribution in [0.5, 0.6) is 5.75 Å². The molecule has 0 unspecified atom stereocenters. The number of pyridine rings is 1. The Labute approximate surface area is 105 Å². The number of hydrogen-bond donors (Lipinski definition) is 1. The Kier molecular flexibility index (Phi) is 2.41. The molecular formula is C14H13N3O. The predicted molar refractivity (Wildman–Crippen MR) is 71.6 cm³/mol. The first kappa shape index (κ1) is 10.7. The number of anilines is 1. The van der Waals surface area contributed by atoms with E-state index in [9.17, 15) is 0 Å². The zero-order chi connectivity index (χ0) is 12.5. The van der Waals surface area contributed by atoms with E-state index in [-0.39, 0.29) is 0 Å². The molecule has 3 rings (SSSR count). The van der Waals surface area contributed by atoms with Gasteiger partial charge in [0.1, 0.15) is 11.4 Å². The summed E-state index contributed by atoms with van der Waals surface area (Å²) in [5.74, 6) is 0.814. The number of methoxy groups -OCH3 is 1. The van der Waals surface area contributed by atoms with Crippen LogP contribution in [0, 0.1) is 0 Å². The van der Waals surface area contributed by atoms with Crippen molar-refractivity contribution >= 4 is 11.3 Å². The van der Waals surface area contributed by atoms with Crippen LogP contribution in [0.3, 0.4) is 0 Å². The minimum atomic E-state index is 0.708. The van der Waals surface area contributed by atoms with Crippen LogP contribution in [0.4, 0.5) is 5.69 Å². The smallest absolute Gasteiger partial charge is 0.139 e. The molecule has 0 radical (unpaired) electrons. The summed E-state index contributed by atoms with van der Waals surface area (Å²) in [5.41, 5.74) is 9.13. The van der Waals surface area contributed by atoms with E-state index in [0.29, 0.717) is 5.69 Å². The Bertz CT molecular complexity index is 703. The second kappa shape index (κ2) is 4.07. The summed E-state index contributed by atoms with van der Waals surface area (Å²) in [5, 5.41) is 0. The van der Waals surface area contributed by atoms with Crippen molar-refractivity contribution in [2.75, 3.05) is 12.8 Å². The summed E-state index contributed by atoms with van der Waals surface area (Å²) in [7, 11) is 1.66. The number of fused-ring (bicyclic) bond motifs is 1. The van der Waals surface area contributed by atoms with E-state index in [1.807, 2.05) is 53.2 Å². The highest BCUT2D eigenvalue weighted by Crippen LogP contribution is 2.29. The Morgan fingerprint density at radius 2 is 2.06 bits per heavy atom. The summed E-state index contributed by atoms with van der Waals surface area (Å²) in [6.45, 7) is 0. The molecule has 3 aromatic rings. The van der Waals surface area contributed by atoms with Crippen molar-refractivity contribution in [2.45, 2.75) is 0 Å². The van der Waals surface area contributed by atoms with Crippen molar-refractivity contribution in [1.82, 2.24) is 9.38 Å². The number of benzene rings is 1. The van der Waals surface area contributed by atoms with Crippen molar-refractivity contribution in [1.29, 1.82) is 0 Å². The van der Waals surface area contributed by atoms with Gasteiger partial charge in [0, 0.05) is 29.7 Å². The SMILES string of the molecule is COc1ccccc1-c1cn2ccc(N)cc2n1. The zero-order valence-corrected chi connectivity index (χ0v) is 10.00. The fourth-order valence-corrected chi connectivity index (χ4v) is 1.98. The van der Waals surface area contributed by atoms with Gasteiger partial charge in [-0.3, -0.25) is 0 Å². The minimum absolute atomic E-state index is 0.708. The molecule has 0 aliphatic heterocycles. The summed E-state index contributed by atoms with van der Waals surface area (Å²) in [4.78, 5) is 4.56. The maximum Gasteiger partial charge on any atom is 0.139 e. The molecule has 2 N–H and O–H groups in total. The van der Waals surface area contributed by atoms with Crippen LogP contribution in [-0.2, 0) is 0 Å². The third-order valence-electron chi connectivity index (χ3n) is 2.87. The van der Waals surface area contributed by atoms with Crippen LogP contribution in [0.1, 0.15) is 0 Å². The van der Waals surface area contributed by atoms with Gasteiger partial charge in [-0.1, -0.05) is 12.1 Å². The molecule has 0 fully saturated rings. The van der Waals surface area contributed by atoms with Crippen LogP contribution in [0.2, 0.25) is 0 Å². The Morgan fingerprint density at radius 3 is 2.89 bits per heavy atom. The lowest BCUT2D eigenvalue weighted by molar-refractivity contribution is 0.416. The molecule has 90 valence electrons. The largest absolute Gasteiger partial charge is 0.496 e. The van der Waals surface area contributed by atoms with Crippen LogP contribution in [0.15, 0.2) is 48.8 Å². The standard InChI is InChI=1S/C14H13N3O/c1-18-13-5-3-2-4-11(13)12-9-17-7-6-10(15)8-14(17)16-12/h2-9H,15H2,1H3. The number of ether oxygens (including phenoxy) is 1. The maximum absolute atomic E-state index is 5.75. The molecule has 4 heteroatoms. The normalized spacial score (nSPS) is 10.7. The lowest BCUT2D eigenvalue weighted by atomic mass is 10.1. The first-order chi connectivity index (χ1) is 8.78. The van der Waals surface area contributed by atoms with Crippen LogP contribution >= 0.6 is 0 Å². The van der Waals surface area contributed by atoms with Gasteiger partial charge < -0.3 is 14.9 Å². The molecular weight excluding hydrogens is 226 g/mol. The van der Waals surface area contributed by atoms with Crippen LogP contribution in [0.25, 0.3) is 16.9 Å². The zero-order valence-electron chi connectivity index (χ0n) is 10.00. The third-order valence-corrected chi connectivity index (χ3v) is 2.87. The Balaban J connectivity index is 2.19. The van der Waals surface area contributed by atoms with Gasteiger partial charge in [0.2, 0.25) is 0 Å². The fraction of sp³-hybridized carbons (Fsp3) is 0.0714. The number of nitrogen functional groups attached to an aromatic ring is 1. The molecule has 0 atom stereocenters. The first-order valence-corrected chi connectivity index (χ1v) is 5.65. The quantitative estimate of drug-likeness (QED) is 0.747. The number of nitrogens with two attached hydrogens (primary N) is 1. The van der Waals surface area contributed by atoms with Crippen molar-refractivity contribution in [3.63, 3.8) is 0 Å². The topological polar surface area (TPSA) is 52.5 Å². The highest BCUT2D eigenvalue weighted by atomic mass is 16.5. The lowest BCUT2D eigenvalue weighted by Gasteiger charge is -2.04. The maximum atomic E-state index is 5.75. The molecule has 2 heterocycles. The number of rotatable bonds is 2. The fourth-order valence-electron chi connectivity index (χ4n) is 1.98. The van der Waals surface area contributed by atoms with Crippen LogP contribution < -0.4 is 10.5 Å². The molecule has 2 aromatic heterocycles. The van der Waals surface area contributed by atoms with E-state index >= 15 is 0 Å². The molecule has 1 aromatic carbocycles. The Hall–Kier alpha value is -2.49. The molecule has 4 nitrogen and oxygen atoms in total. The summed E-state index contributed by atoms with van der Waals surface area (Å²) in [6.07, 6.45) is 3.86. The van der Waals surface area contributed by atoms with Crippen molar-refractivity contribution in [3.05, 3.63) is 48.8 Å². The molecule has 0 bridgehead atoms. The van der Waals surface area contributed by atoms with Gasteiger partial charge in [-0.05, 0) is 18.2 Å². The van der Waals surface area contributed by atoms with E-state index in [1.165, 1.54) is 0 Å². The third kappa shape index (κ3) is 1.68. The van der Waals surface area contributed by atoms with E-state index in [0.717, 1.165) is 22.7 Å². The number of imidazole rings is 1. The summed E-state index contributed by atoms with van der Waals surface area (Å²) < 4.78 is 7.29. The van der Waals surface area contributed by atoms with Gasteiger partial charge in [-0.2, -0.15) is 0 Å². The van der Waals surface area contributed by atoms with Gasteiger partial charge in [0.05, 0.1) is 12.8 Å². The molecule has 0 aliphatic rings. The van der Waals surface area contributed by atoms with Gasteiger partial charge in [-0.25, -0.2) is 4.98 Å². The number of aromatic nitrogens is 2. The van der Waals surface area contributed by atoms with E-state index in [4.69, 9.17) is 10.5 Å². The minimum Gasteiger partial charge on any atom is -0.496 e. The second-order valence-electron chi connectivity index (χ2n) is 4.05. The second-order valence-corrected chi connectivity index (χ2v) is 4.05. The molecule has 18 heavy (non-hydrogen) atoms. The molecule has 0 saturated carbocycles. The summed E-state index contributed by atoms with van der Waals surface area (Å²) in [6, 6.07) is 11.5. The molecule has 0 aliphatic carbocycles. The highest BCUT2D eigenvalue weighted by Gasteiger charge is 2.09. The monoisotopic (exact) mass is 239 g/mol. The average Bonchev–Trinajstić information content (AvgIpc) is 2.81. The van der Waals surface area contributed by atoms with E-state index < -0.39 is 0 Å². The summed E-state index contributed by atoms with van der Waals surface area (Å²) >= 11 is 0. The molecule has 0 spiro atoms. The van der Waals surface area contributed by atoms with Crippen LogP contribution in [-0.4, -0.2) is 16.5 Å². The average molecular weight is 239 g/mol. The van der Waals surface area contributed by atoms with Gasteiger partial charge in [0.25, 0.3) is 0 Å². The van der Waals surface area contributed by atoms with Crippen molar-refractivity contribution in [2.24, 2.45) is 0 Å². The van der Waals surface area contributed by atoms with Crippen molar-refractivity contribution < 1.29 is 4.74 Å². The molecule has 0 amide bonds. The van der Waals surface area contributed by atoms with Gasteiger partial charge >= 0.3 is 0 Å². The van der Waals surface area contributed by atoms with Gasteiger partial charge in [-0.15, -0.1) is 0 Å². The number of nitrogens with zero attached hydrogens (tertiary/aromatic N) is 2. The van der Waals surface area contributed by atoms with Crippen molar-refractivity contribution in [3.8, 4) is 17.0 Å². The number of hydrogen-bond acceptors (Lipinski definition) is 3. The van der Waals surface area contributed by atoms with E-state index in [2.05, 4.69) is 4.98 Å². The van der Waals surface area contributed by atoms with Gasteiger partial charge in [0.15, 0.2) is 0 Å². The Morgan fingerprint density at radius 1 is 1.22 bits per heavy atom. The molecule has 0 saturated heterocycles. The first-order valence-electron chi connectivity index (χ1n) is 5.65. The number of para-hydroxylation sites is 1. The lowest BCUT2D eigenvalue weighted by Crippen LogP contribution is -1.87. The predicted octanol–water partition coefficient (Wildman–Crippen LogP) is 2.59. The highest BCUT2D eigenvalue weighted by molar-refractivity contribution is 5.69. The van der Waals surface area contributed by atoms with E-state index in [1.54, 1.807) is 7.11 Å².